The van der Waals surface area contributed by atoms with E-state index >= 15 is 0 Å². The van der Waals surface area contributed by atoms with Gasteiger partial charge in [0.2, 0.25) is 0 Å². The largest absolute Gasteiger partial charge is 0.345 e. The summed E-state index contributed by atoms with van der Waals surface area (Å²) in [4.78, 5) is 1.97. The summed E-state index contributed by atoms with van der Waals surface area (Å²) in [5, 5.41) is 3.03. The number of nitrogens with one attached hydrogen (secondary N) is 1. The van der Waals surface area contributed by atoms with Gasteiger partial charge in [-0.3, -0.25) is 0 Å². The Morgan fingerprint density at radius 3 is 2.44 bits per heavy atom. The Morgan fingerprint density at radius 1 is 1.06 bits per heavy atom. The van der Waals surface area contributed by atoms with Crippen LogP contribution in [0.2, 0.25) is 0 Å². The summed E-state index contributed by atoms with van der Waals surface area (Å²) in [6.07, 6.45) is 0. The highest BCUT2D eigenvalue weighted by Crippen LogP contribution is 2.25. The van der Waals surface area contributed by atoms with Gasteiger partial charge in [0.05, 0.1) is 0 Å². The van der Waals surface area contributed by atoms with Gasteiger partial charge in [-0.15, -0.1) is 0 Å². The minimum absolute atomic E-state index is 0.208. The van der Waals surface area contributed by atoms with Crippen LogP contribution in [0.5, 0.6) is 0 Å². The number of halogens is 1. The maximum Gasteiger partial charge on any atom is 0.125 e. The molecule has 0 saturated heterocycles. The van der Waals surface area contributed by atoms with E-state index in [2.05, 4.69) is 5.32 Å². The Balaban J connectivity index is 2.33. The summed E-state index contributed by atoms with van der Waals surface area (Å²) in [6.45, 7) is 0.660. The fraction of sp³-hybridized carbons (Fsp3) is 0.200. The number of nitrogens with zero attached hydrogens (tertiary/aromatic N) is 1. The van der Waals surface area contributed by atoms with Gasteiger partial charge in [-0.2, -0.15) is 0 Å². The third kappa shape index (κ3) is 2.87. The average Bonchev–Trinajstić information content (AvgIpc) is 2.38. The van der Waals surface area contributed by atoms with Crippen LogP contribution in [-0.4, -0.2) is 14.1 Å². The highest BCUT2D eigenvalue weighted by molar-refractivity contribution is 5.63. The van der Waals surface area contributed by atoms with E-state index in [1.54, 1.807) is 12.1 Å². The first-order chi connectivity index (χ1) is 8.70. The molecule has 0 aliphatic carbocycles. The van der Waals surface area contributed by atoms with Crippen LogP contribution in [-0.2, 0) is 6.54 Å². The molecular weight excluding hydrogens is 227 g/mol. The van der Waals surface area contributed by atoms with Gasteiger partial charge in [-0.1, -0.05) is 18.2 Å². The Kier molecular flexibility index (Phi) is 3.95. The molecule has 1 N–H and O–H groups in total. The van der Waals surface area contributed by atoms with Gasteiger partial charge in [0.15, 0.2) is 0 Å². The zero-order chi connectivity index (χ0) is 13.0. The van der Waals surface area contributed by atoms with Crippen LogP contribution in [0.3, 0.4) is 0 Å². The molecule has 2 aromatic carbocycles. The highest BCUT2D eigenvalue weighted by atomic mass is 19.1. The molecule has 0 fully saturated rings. The average molecular weight is 244 g/mol. The summed E-state index contributed by atoms with van der Waals surface area (Å²) in [5.74, 6) is -0.208. The van der Waals surface area contributed by atoms with E-state index in [-0.39, 0.29) is 5.82 Å². The second-order valence-electron chi connectivity index (χ2n) is 4.24. The minimum Gasteiger partial charge on any atom is -0.345 e. The summed E-state index contributed by atoms with van der Waals surface area (Å²) < 4.78 is 13.6. The Hall–Kier alpha value is -1.87. The molecule has 0 atom stereocenters. The van der Waals surface area contributed by atoms with Crippen molar-refractivity contribution in [3.8, 4) is 0 Å². The van der Waals surface area contributed by atoms with Crippen molar-refractivity contribution in [1.29, 1.82) is 0 Å². The second-order valence-corrected chi connectivity index (χ2v) is 4.24. The van der Waals surface area contributed by atoms with Gasteiger partial charge in [0, 0.05) is 25.0 Å². The van der Waals surface area contributed by atoms with Crippen LogP contribution in [0.25, 0.3) is 0 Å². The second kappa shape index (κ2) is 5.65. The molecule has 0 heterocycles. The van der Waals surface area contributed by atoms with Crippen molar-refractivity contribution in [1.82, 2.24) is 5.32 Å². The maximum atomic E-state index is 13.6. The first-order valence-electron chi connectivity index (χ1n) is 5.93. The first-order valence-corrected chi connectivity index (χ1v) is 5.93. The highest BCUT2D eigenvalue weighted by Gasteiger charge is 2.06. The van der Waals surface area contributed by atoms with E-state index in [4.69, 9.17) is 0 Å². The lowest BCUT2D eigenvalue weighted by Gasteiger charge is -2.20. The summed E-state index contributed by atoms with van der Waals surface area (Å²) in [5.41, 5.74) is 2.83. The van der Waals surface area contributed by atoms with E-state index in [0.29, 0.717) is 6.54 Å². The predicted octanol–water partition coefficient (Wildman–Crippen LogP) is 3.31. The van der Waals surface area contributed by atoms with Gasteiger partial charge >= 0.3 is 0 Å². The number of hydrogen-bond donors (Lipinski definition) is 1. The fourth-order valence-corrected chi connectivity index (χ4v) is 1.93. The van der Waals surface area contributed by atoms with Gasteiger partial charge < -0.3 is 10.2 Å². The molecule has 0 aliphatic rings. The lowest BCUT2D eigenvalue weighted by Crippen LogP contribution is -2.11. The molecule has 0 unspecified atom stereocenters. The molecule has 0 saturated carbocycles. The Morgan fingerprint density at radius 2 is 1.78 bits per heavy atom. The third-order valence-corrected chi connectivity index (χ3v) is 2.85. The van der Waals surface area contributed by atoms with Crippen LogP contribution < -0.4 is 10.2 Å². The standard InChI is InChI=1S/C15H17FN2/c1-17-11-12-8-13(16)10-15(9-12)18(2)14-6-4-3-5-7-14/h3-10,17H,11H2,1-2H3. The van der Waals surface area contributed by atoms with Crippen LogP contribution in [0.15, 0.2) is 48.5 Å². The molecule has 2 rings (SSSR count). The molecule has 0 aromatic heterocycles. The predicted molar refractivity (Wildman–Crippen MR) is 73.7 cm³/mol. The molecule has 18 heavy (non-hydrogen) atoms. The molecule has 0 radical (unpaired) electrons. The Bertz CT molecular complexity index is 511. The number of para-hydroxylation sites is 1. The molecular formula is C15H17FN2. The van der Waals surface area contributed by atoms with Crippen LogP contribution in [0.1, 0.15) is 5.56 Å². The van der Waals surface area contributed by atoms with E-state index in [0.717, 1.165) is 16.9 Å². The molecule has 0 amide bonds. The topological polar surface area (TPSA) is 15.3 Å². The van der Waals surface area contributed by atoms with Crippen molar-refractivity contribution in [2.24, 2.45) is 0 Å². The molecule has 0 aliphatic heterocycles. The molecule has 2 aromatic rings. The van der Waals surface area contributed by atoms with Crippen LogP contribution >= 0.6 is 0 Å². The van der Waals surface area contributed by atoms with Crippen molar-refractivity contribution in [3.63, 3.8) is 0 Å². The molecule has 3 heteroatoms. The van der Waals surface area contributed by atoms with Gasteiger partial charge in [-0.25, -0.2) is 4.39 Å². The quantitative estimate of drug-likeness (QED) is 0.887. The van der Waals surface area contributed by atoms with E-state index < -0.39 is 0 Å². The SMILES string of the molecule is CNCc1cc(F)cc(N(C)c2ccccc2)c1. The minimum atomic E-state index is -0.208. The van der Waals surface area contributed by atoms with Crippen molar-refractivity contribution >= 4 is 11.4 Å². The number of hydrogen-bond acceptors (Lipinski definition) is 2. The monoisotopic (exact) mass is 244 g/mol. The van der Waals surface area contributed by atoms with E-state index in [1.807, 2.05) is 55.4 Å². The molecule has 94 valence electrons. The lowest BCUT2D eigenvalue weighted by atomic mass is 10.1. The zero-order valence-electron chi connectivity index (χ0n) is 10.7. The van der Waals surface area contributed by atoms with E-state index in [1.165, 1.54) is 0 Å². The van der Waals surface area contributed by atoms with Crippen molar-refractivity contribution in [2.75, 3.05) is 19.0 Å². The smallest absolute Gasteiger partial charge is 0.125 e. The number of anilines is 2. The molecule has 0 spiro atoms. The summed E-state index contributed by atoms with van der Waals surface area (Å²) in [7, 11) is 3.79. The van der Waals surface area contributed by atoms with Crippen molar-refractivity contribution < 1.29 is 4.39 Å². The van der Waals surface area contributed by atoms with Crippen molar-refractivity contribution in [3.05, 3.63) is 59.9 Å². The number of benzene rings is 2. The molecule has 0 bridgehead atoms. The lowest BCUT2D eigenvalue weighted by molar-refractivity contribution is 0.624. The normalized spacial score (nSPS) is 10.4. The van der Waals surface area contributed by atoms with Gasteiger partial charge in [0.25, 0.3) is 0 Å². The van der Waals surface area contributed by atoms with Gasteiger partial charge in [0.1, 0.15) is 5.82 Å². The van der Waals surface area contributed by atoms with Gasteiger partial charge in [-0.05, 0) is 42.9 Å². The fourth-order valence-electron chi connectivity index (χ4n) is 1.93. The van der Waals surface area contributed by atoms with E-state index in [9.17, 15) is 4.39 Å². The summed E-state index contributed by atoms with van der Waals surface area (Å²) >= 11 is 0. The number of rotatable bonds is 4. The summed E-state index contributed by atoms with van der Waals surface area (Å²) in [6, 6.07) is 15.0. The Labute approximate surface area is 107 Å². The molecule has 2 nitrogen and oxygen atoms in total. The zero-order valence-corrected chi connectivity index (χ0v) is 10.7. The first kappa shape index (κ1) is 12.6. The van der Waals surface area contributed by atoms with Crippen LogP contribution in [0.4, 0.5) is 15.8 Å². The van der Waals surface area contributed by atoms with Crippen molar-refractivity contribution in [2.45, 2.75) is 6.54 Å². The van der Waals surface area contributed by atoms with Crippen LogP contribution in [0, 0.1) is 5.82 Å². The third-order valence-electron chi connectivity index (χ3n) is 2.85. The maximum absolute atomic E-state index is 13.6.